The molecule has 0 spiro atoms. The summed E-state index contributed by atoms with van der Waals surface area (Å²) < 4.78 is 5.43. The lowest BCUT2D eigenvalue weighted by molar-refractivity contribution is -0.0106. The van der Waals surface area contributed by atoms with E-state index in [0.29, 0.717) is 0 Å². The predicted octanol–water partition coefficient (Wildman–Crippen LogP) is 1.88. The molecule has 1 aliphatic heterocycles. The van der Waals surface area contributed by atoms with Crippen LogP contribution in [-0.4, -0.2) is 49.3 Å². The number of nitrogens with zero attached hydrogens (tertiary/aromatic N) is 1. The minimum absolute atomic E-state index is 0.256. The van der Waals surface area contributed by atoms with E-state index >= 15 is 0 Å². The molecule has 0 bridgehead atoms. The summed E-state index contributed by atoms with van der Waals surface area (Å²) in [6.45, 7) is 12.1. The third-order valence-corrected chi connectivity index (χ3v) is 4.53. The maximum Gasteiger partial charge on any atom is 0.0594 e. The largest absolute Gasteiger partial charge is 0.379 e. The number of ether oxygens (including phenoxy) is 1. The Kier molecular flexibility index (Phi) is 4.45. The van der Waals surface area contributed by atoms with Gasteiger partial charge >= 0.3 is 0 Å². The molecule has 2 fully saturated rings. The Morgan fingerprint density at radius 1 is 1.24 bits per heavy atom. The number of rotatable bonds is 4. The quantitative estimate of drug-likeness (QED) is 0.812. The van der Waals surface area contributed by atoms with E-state index in [-0.39, 0.29) is 5.54 Å². The van der Waals surface area contributed by atoms with Gasteiger partial charge < -0.3 is 10.1 Å². The van der Waals surface area contributed by atoms with Crippen LogP contribution in [0, 0.1) is 5.92 Å². The molecule has 2 atom stereocenters. The van der Waals surface area contributed by atoms with Gasteiger partial charge in [0, 0.05) is 31.2 Å². The zero-order valence-corrected chi connectivity index (χ0v) is 11.7. The van der Waals surface area contributed by atoms with Gasteiger partial charge in [0.15, 0.2) is 0 Å². The molecule has 2 rings (SSSR count). The first kappa shape index (κ1) is 13.3. The van der Waals surface area contributed by atoms with Gasteiger partial charge in [-0.25, -0.2) is 0 Å². The molecule has 3 nitrogen and oxygen atoms in total. The maximum atomic E-state index is 5.43. The van der Waals surface area contributed by atoms with Crippen molar-refractivity contribution in [2.45, 2.75) is 51.6 Å². The first-order valence-corrected chi connectivity index (χ1v) is 7.16. The Bertz CT molecular complexity index is 236. The van der Waals surface area contributed by atoms with E-state index in [1.807, 2.05) is 0 Å². The fraction of sp³-hybridized carbons (Fsp3) is 1.00. The molecule has 1 N–H and O–H groups in total. The Morgan fingerprint density at radius 2 is 1.94 bits per heavy atom. The van der Waals surface area contributed by atoms with Crippen molar-refractivity contribution in [1.82, 2.24) is 10.2 Å². The van der Waals surface area contributed by atoms with Gasteiger partial charge in [-0.05, 0) is 32.6 Å². The van der Waals surface area contributed by atoms with Crippen LogP contribution < -0.4 is 5.32 Å². The molecule has 0 aromatic heterocycles. The van der Waals surface area contributed by atoms with E-state index in [9.17, 15) is 0 Å². The van der Waals surface area contributed by atoms with Gasteiger partial charge in [0.2, 0.25) is 0 Å². The third kappa shape index (κ3) is 3.43. The van der Waals surface area contributed by atoms with Crippen molar-refractivity contribution >= 4 is 0 Å². The van der Waals surface area contributed by atoms with E-state index < -0.39 is 0 Å². The van der Waals surface area contributed by atoms with Gasteiger partial charge in [0.05, 0.1) is 13.2 Å². The molecule has 0 aromatic rings. The minimum atomic E-state index is 0.256. The van der Waals surface area contributed by atoms with Crippen LogP contribution in [-0.2, 0) is 4.74 Å². The lowest BCUT2D eigenvalue weighted by Crippen LogP contribution is -2.56. The molecule has 0 radical (unpaired) electrons. The second-order valence-corrected chi connectivity index (χ2v) is 6.31. The molecule has 17 heavy (non-hydrogen) atoms. The highest BCUT2D eigenvalue weighted by Crippen LogP contribution is 2.25. The first-order valence-electron chi connectivity index (χ1n) is 7.16. The Hall–Kier alpha value is -0.120. The summed E-state index contributed by atoms with van der Waals surface area (Å²) in [6.07, 6.45) is 4.16. The van der Waals surface area contributed by atoms with Crippen molar-refractivity contribution in [2.24, 2.45) is 5.92 Å². The molecule has 1 heterocycles. The van der Waals surface area contributed by atoms with Crippen LogP contribution >= 0.6 is 0 Å². The van der Waals surface area contributed by atoms with Crippen LogP contribution in [0.15, 0.2) is 0 Å². The van der Waals surface area contributed by atoms with Crippen LogP contribution in [0.25, 0.3) is 0 Å². The van der Waals surface area contributed by atoms with Crippen LogP contribution in [0.2, 0.25) is 0 Å². The fourth-order valence-corrected chi connectivity index (χ4v) is 3.11. The average molecular weight is 240 g/mol. The maximum absolute atomic E-state index is 5.43. The van der Waals surface area contributed by atoms with Crippen LogP contribution in [0.4, 0.5) is 0 Å². The van der Waals surface area contributed by atoms with Crippen molar-refractivity contribution in [3.8, 4) is 0 Å². The minimum Gasteiger partial charge on any atom is -0.379 e. The van der Waals surface area contributed by atoms with Gasteiger partial charge in [0.1, 0.15) is 0 Å². The van der Waals surface area contributed by atoms with Gasteiger partial charge in [-0.15, -0.1) is 0 Å². The van der Waals surface area contributed by atoms with Crippen LogP contribution in [0.3, 0.4) is 0 Å². The molecule has 0 aromatic carbocycles. The summed E-state index contributed by atoms with van der Waals surface area (Å²) in [4.78, 5) is 2.56. The summed E-state index contributed by atoms with van der Waals surface area (Å²) in [5.41, 5.74) is 0.256. The Balaban J connectivity index is 1.79. The lowest BCUT2D eigenvalue weighted by Gasteiger charge is -2.41. The average Bonchev–Trinajstić information content (AvgIpc) is 2.74. The van der Waals surface area contributed by atoms with Gasteiger partial charge in [-0.3, -0.25) is 4.90 Å². The molecule has 1 aliphatic carbocycles. The van der Waals surface area contributed by atoms with Gasteiger partial charge in [-0.1, -0.05) is 13.3 Å². The number of hydrogen-bond acceptors (Lipinski definition) is 3. The highest BCUT2D eigenvalue weighted by molar-refractivity contribution is 4.89. The molecule has 2 aliphatic rings. The van der Waals surface area contributed by atoms with Crippen LogP contribution in [0.5, 0.6) is 0 Å². The smallest absolute Gasteiger partial charge is 0.0594 e. The zero-order valence-electron chi connectivity index (χ0n) is 11.7. The number of morpholine rings is 1. The standard InChI is InChI=1S/C14H28N2O/c1-12-5-4-6-13(12)15-11-14(2,3)16-7-9-17-10-8-16/h12-13,15H,4-11H2,1-3H3. The van der Waals surface area contributed by atoms with Crippen molar-refractivity contribution in [3.63, 3.8) is 0 Å². The molecule has 1 saturated carbocycles. The first-order chi connectivity index (χ1) is 8.09. The van der Waals surface area contributed by atoms with Crippen molar-refractivity contribution in [3.05, 3.63) is 0 Å². The van der Waals surface area contributed by atoms with Crippen molar-refractivity contribution in [1.29, 1.82) is 0 Å². The summed E-state index contributed by atoms with van der Waals surface area (Å²) in [7, 11) is 0. The predicted molar refractivity (Wildman–Crippen MR) is 71.3 cm³/mol. The molecule has 100 valence electrons. The molecule has 2 unspecified atom stereocenters. The van der Waals surface area contributed by atoms with Gasteiger partial charge in [0.25, 0.3) is 0 Å². The topological polar surface area (TPSA) is 24.5 Å². The van der Waals surface area contributed by atoms with E-state index in [4.69, 9.17) is 4.74 Å². The summed E-state index contributed by atoms with van der Waals surface area (Å²) >= 11 is 0. The van der Waals surface area contributed by atoms with E-state index in [1.54, 1.807) is 0 Å². The second-order valence-electron chi connectivity index (χ2n) is 6.31. The Morgan fingerprint density at radius 3 is 2.53 bits per heavy atom. The Labute approximate surface area is 106 Å². The molecular formula is C14H28N2O. The van der Waals surface area contributed by atoms with Crippen molar-refractivity contribution < 1.29 is 4.74 Å². The molecular weight excluding hydrogens is 212 g/mol. The normalized spacial score (nSPS) is 31.9. The SMILES string of the molecule is CC1CCCC1NCC(C)(C)N1CCOCC1. The zero-order chi connectivity index (χ0) is 12.3. The monoisotopic (exact) mass is 240 g/mol. The number of hydrogen-bond donors (Lipinski definition) is 1. The molecule has 3 heteroatoms. The second kappa shape index (κ2) is 5.68. The van der Waals surface area contributed by atoms with Gasteiger partial charge in [-0.2, -0.15) is 0 Å². The fourth-order valence-electron chi connectivity index (χ4n) is 3.11. The number of nitrogens with one attached hydrogen (secondary N) is 1. The summed E-state index contributed by atoms with van der Waals surface area (Å²) in [5, 5.41) is 3.79. The molecule has 0 amide bonds. The highest BCUT2D eigenvalue weighted by atomic mass is 16.5. The highest BCUT2D eigenvalue weighted by Gasteiger charge is 2.30. The lowest BCUT2D eigenvalue weighted by atomic mass is 10.00. The van der Waals surface area contributed by atoms with Crippen LogP contribution in [0.1, 0.15) is 40.0 Å². The third-order valence-electron chi connectivity index (χ3n) is 4.53. The summed E-state index contributed by atoms with van der Waals surface area (Å²) in [5.74, 6) is 0.857. The molecule has 1 saturated heterocycles. The summed E-state index contributed by atoms with van der Waals surface area (Å²) in [6, 6.07) is 0.746. The van der Waals surface area contributed by atoms with E-state index in [0.717, 1.165) is 44.8 Å². The van der Waals surface area contributed by atoms with Crippen molar-refractivity contribution in [2.75, 3.05) is 32.8 Å². The van der Waals surface area contributed by atoms with E-state index in [1.165, 1.54) is 19.3 Å². The van der Waals surface area contributed by atoms with E-state index in [2.05, 4.69) is 31.0 Å².